The fourth-order valence-corrected chi connectivity index (χ4v) is 5.91. The number of carbonyl (C=O) groups excluding carboxylic acids is 4. The summed E-state index contributed by atoms with van der Waals surface area (Å²) in [7, 11) is 0. The fourth-order valence-electron chi connectivity index (χ4n) is 5.28. The van der Waals surface area contributed by atoms with Crippen LogP contribution in [0.1, 0.15) is 60.8 Å². The number of aromatic nitrogens is 1. The molecule has 0 spiro atoms. The monoisotopic (exact) mass is 666 g/mol. The van der Waals surface area contributed by atoms with E-state index in [1.54, 1.807) is 84.9 Å². The highest BCUT2D eigenvalue weighted by Crippen LogP contribution is 2.33. The first-order chi connectivity index (χ1) is 21.2. The number of Topliss-reactive ketones (excluding diaryl/α,β-unsaturated/α-hetero) is 1. The van der Waals surface area contributed by atoms with Gasteiger partial charge in [0, 0.05) is 26.0 Å². The number of hydrogen-bond donors (Lipinski definition) is 0. The number of benzene rings is 4. The van der Waals surface area contributed by atoms with Crippen LogP contribution in [0.25, 0.3) is 22.2 Å². The molecular weight excluding hydrogens is 644 g/mol. The van der Waals surface area contributed by atoms with Gasteiger partial charge < -0.3 is 4.74 Å². The van der Waals surface area contributed by atoms with E-state index in [9.17, 15) is 19.2 Å². The number of amides is 2. The van der Waals surface area contributed by atoms with E-state index in [2.05, 4.69) is 15.9 Å². The molecule has 2 heterocycles. The van der Waals surface area contributed by atoms with Crippen molar-refractivity contribution in [2.45, 2.75) is 26.4 Å². The molecule has 2 amide bonds. The van der Waals surface area contributed by atoms with Crippen molar-refractivity contribution < 1.29 is 23.9 Å². The van der Waals surface area contributed by atoms with Gasteiger partial charge in [0.1, 0.15) is 0 Å². The van der Waals surface area contributed by atoms with E-state index in [1.165, 1.54) is 6.92 Å². The molecule has 7 nitrogen and oxygen atoms in total. The minimum Gasteiger partial charge on any atom is -0.451 e. The normalized spacial score (nSPS) is 13.2. The largest absolute Gasteiger partial charge is 0.451 e. The van der Waals surface area contributed by atoms with Gasteiger partial charge in [-0.2, -0.15) is 0 Å². The van der Waals surface area contributed by atoms with Crippen molar-refractivity contribution in [3.8, 4) is 11.3 Å². The number of fused-ring (bicyclic) bond motifs is 2. The summed E-state index contributed by atoms with van der Waals surface area (Å²) in [5.74, 6) is -1.79. The summed E-state index contributed by atoms with van der Waals surface area (Å²) < 4.78 is 6.47. The topological polar surface area (TPSA) is 93.6 Å². The SMILES string of the molecule is CCc1cc(Br)cc2c(C(=O)OC(C)C(=O)c3ccc(Cl)cc3)cc(-c3ccc(N4C(=O)c5ccccc5C4=O)cc3)nc12. The molecule has 0 bridgehead atoms. The number of esters is 1. The van der Waals surface area contributed by atoms with Crippen LogP contribution in [0.5, 0.6) is 0 Å². The van der Waals surface area contributed by atoms with Crippen LogP contribution in [-0.4, -0.2) is 34.7 Å². The zero-order valence-electron chi connectivity index (χ0n) is 23.6. The summed E-state index contributed by atoms with van der Waals surface area (Å²) in [6, 6.07) is 25.3. The van der Waals surface area contributed by atoms with E-state index < -0.39 is 12.1 Å². The van der Waals surface area contributed by atoms with Crippen LogP contribution in [0, 0.1) is 0 Å². The lowest BCUT2D eigenvalue weighted by Gasteiger charge is -2.17. The van der Waals surface area contributed by atoms with Gasteiger partial charge in [0.25, 0.3) is 11.8 Å². The van der Waals surface area contributed by atoms with Gasteiger partial charge in [0.2, 0.25) is 5.78 Å². The molecule has 9 heteroatoms. The van der Waals surface area contributed by atoms with Crippen molar-refractivity contribution in [3.63, 3.8) is 0 Å². The third-order valence-corrected chi connectivity index (χ3v) is 8.26. The highest BCUT2D eigenvalue weighted by atomic mass is 79.9. The average molecular weight is 668 g/mol. The maximum Gasteiger partial charge on any atom is 0.339 e. The van der Waals surface area contributed by atoms with Gasteiger partial charge in [0.15, 0.2) is 6.10 Å². The number of anilines is 1. The summed E-state index contributed by atoms with van der Waals surface area (Å²) in [5.41, 5.74) is 4.48. The zero-order chi connectivity index (χ0) is 31.1. The summed E-state index contributed by atoms with van der Waals surface area (Å²) in [5, 5.41) is 1.08. The van der Waals surface area contributed by atoms with Gasteiger partial charge in [-0.05, 0) is 85.6 Å². The van der Waals surface area contributed by atoms with Crippen molar-refractivity contribution in [1.82, 2.24) is 4.98 Å². The lowest BCUT2D eigenvalue weighted by molar-refractivity contribution is 0.0320. The lowest BCUT2D eigenvalue weighted by Crippen LogP contribution is -2.29. The molecule has 218 valence electrons. The van der Waals surface area contributed by atoms with Gasteiger partial charge in [-0.1, -0.05) is 58.7 Å². The minimum atomic E-state index is -1.05. The quantitative estimate of drug-likeness (QED) is 0.0989. The molecule has 1 atom stereocenters. The van der Waals surface area contributed by atoms with E-state index in [0.29, 0.717) is 56.0 Å². The number of ether oxygens (including phenoxy) is 1. The molecule has 1 aliphatic heterocycles. The van der Waals surface area contributed by atoms with Crippen molar-refractivity contribution in [2.75, 3.05) is 4.90 Å². The van der Waals surface area contributed by atoms with Crippen LogP contribution in [0.15, 0.2) is 95.5 Å². The predicted molar refractivity (Wildman–Crippen MR) is 172 cm³/mol. The Bertz CT molecular complexity index is 1960. The number of hydrogen-bond acceptors (Lipinski definition) is 6. The first-order valence-corrected chi connectivity index (χ1v) is 15.1. The summed E-state index contributed by atoms with van der Waals surface area (Å²) >= 11 is 9.49. The Morgan fingerprint density at radius 3 is 2.16 bits per heavy atom. The van der Waals surface area contributed by atoms with Crippen LogP contribution < -0.4 is 4.90 Å². The van der Waals surface area contributed by atoms with Crippen molar-refractivity contribution in [2.24, 2.45) is 0 Å². The third-order valence-electron chi connectivity index (χ3n) is 7.56. The first-order valence-electron chi connectivity index (χ1n) is 13.9. The second-order valence-electron chi connectivity index (χ2n) is 10.3. The second kappa shape index (κ2) is 11.8. The van der Waals surface area contributed by atoms with Gasteiger partial charge in [-0.15, -0.1) is 0 Å². The number of imide groups is 1. The van der Waals surface area contributed by atoms with Crippen LogP contribution in [0.2, 0.25) is 5.02 Å². The number of nitrogens with zero attached hydrogens (tertiary/aromatic N) is 2. The van der Waals surface area contributed by atoms with E-state index in [4.69, 9.17) is 21.3 Å². The smallest absolute Gasteiger partial charge is 0.339 e. The van der Waals surface area contributed by atoms with E-state index >= 15 is 0 Å². The molecule has 5 aromatic rings. The molecular formula is C35H24BrClN2O5. The van der Waals surface area contributed by atoms with Gasteiger partial charge in [-0.3, -0.25) is 14.4 Å². The first kappa shape index (κ1) is 29.4. The molecule has 1 aliphatic rings. The Morgan fingerprint density at radius 2 is 1.55 bits per heavy atom. The summed E-state index contributed by atoms with van der Waals surface area (Å²) in [6.45, 7) is 3.53. The zero-order valence-corrected chi connectivity index (χ0v) is 26.0. The molecule has 0 aliphatic carbocycles. The molecule has 0 fully saturated rings. The number of pyridine rings is 1. The van der Waals surface area contributed by atoms with E-state index in [0.717, 1.165) is 14.9 Å². The number of ketones is 1. The Balaban J connectivity index is 1.36. The van der Waals surface area contributed by atoms with Gasteiger partial charge >= 0.3 is 5.97 Å². The molecule has 0 radical (unpaired) electrons. The molecule has 1 aromatic heterocycles. The predicted octanol–water partition coefficient (Wildman–Crippen LogP) is 8.11. The molecule has 4 aromatic carbocycles. The molecule has 1 unspecified atom stereocenters. The fraction of sp³-hybridized carbons (Fsp3) is 0.114. The lowest BCUT2D eigenvalue weighted by atomic mass is 10.00. The number of carbonyl (C=O) groups is 4. The van der Waals surface area contributed by atoms with Gasteiger partial charge in [-0.25, -0.2) is 14.7 Å². The van der Waals surface area contributed by atoms with E-state index in [-0.39, 0.29) is 23.2 Å². The van der Waals surface area contributed by atoms with Crippen molar-refractivity contribution in [1.29, 1.82) is 0 Å². The summed E-state index contributed by atoms with van der Waals surface area (Å²) in [6.07, 6.45) is -0.391. The van der Waals surface area contributed by atoms with Crippen molar-refractivity contribution in [3.05, 3.63) is 128 Å². The highest BCUT2D eigenvalue weighted by Gasteiger charge is 2.36. The number of halogens is 2. The van der Waals surface area contributed by atoms with Crippen LogP contribution in [0.4, 0.5) is 5.69 Å². The summed E-state index contributed by atoms with van der Waals surface area (Å²) in [4.78, 5) is 58.6. The molecule has 6 rings (SSSR count). The maximum atomic E-state index is 13.6. The number of aryl methyl sites for hydroxylation is 1. The van der Waals surface area contributed by atoms with Crippen molar-refractivity contribution >= 4 is 67.7 Å². The third kappa shape index (κ3) is 5.31. The van der Waals surface area contributed by atoms with E-state index in [1.807, 2.05) is 13.0 Å². The van der Waals surface area contributed by atoms with Crippen LogP contribution in [-0.2, 0) is 11.2 Å². The average Bonchev–Trinajstić information content (AvgIpc) is 3.29. The molecule has 0 saturated carbocycles. The Labute approximate surface area is 266 Å². The molecule has 0 N–H and O–H groups in total. The highest BCUT2D eigenvalue weighted by molar-refractivity contribution is 9.10. The Morgan fingerprint density at radius 1 is 0.909 bits per heavy atom. The standard InChI is InChI=1S/C35H24BrClN2O5/c1-3-20-16-23(36)17-28-29(35(43)44-19(2)32(40)22-8-12-24(37)13-9-22)18-30(38-31(20)28)21-10-14-25(15-11-21)39-33(41)26-6-4-5-7-27(26)34(39)42/h4-19H,3H2,1-2H3. The minimum absolute atomic E-state index is 0.251. The van der Waals surface area contributed by atoms with Crippen LogP contribution in [0.3, 0.4) is 0 Å². The second-order valence-corrected chi connectivity index (χ2v) is 11.7. The van der Waals surface area contributed by atoms with Gasteiger partial charge in [0.05, 0.1) is 33.6 Å². The Hall–Kier alpha value is -4.66. The molecule has 0 saturated heterocycles. The number of rotatable bonds is 7. The maximum absolute atomic E-state index is 13.6. The Kier molecular flexibility index (Phi) is 7.88. The van der Waals surface area contributed by atoms with Crippen LogP contribution >= 0.6 is 27.5 Å². The molecule has 44 heavy (non-hydrogen) atoms.